The minimum absolute atomic E-state index is 0.167. The summed E-state index contributed by atoms with van der Waals surface area (Å²) in [5.74, 6) is -1.27. The quantitative estimate of drug-likeness (QED) is 0.534. The van der Waals surface area contributed by atoms with Crippen LogP contribution in [0.2, 0.25) is 0 Å². The van der Waals surface area contributed by atoms with Crippen LogP contribution in [0.25, 0.3) is 5.52 Å². The maximum atomic E-state index is 12.2. The van der Waals surface area contributed by atoms with Crippen LogP contribution in [-0.4, -0.2) is 54.0 Å². The number of hydrogen-bond donors (Lipinski definition) is 1. The van der Waals surface area contributed by atoms with Crippen molar-refractivity contribution >= 4 is 23.1 Å². The summed E-state index contributed by atoms with van der Waals surface area (Å²) in [5.41, 5.74) is 2.87. The molecular weight excluding hydrogens is 398 g/mol. The van der Waals surface area contributed by atoms with Gasteiger partial charge >= 0.3 is 11.9 Å². The van der Waals surface area contributed by atoms with Crippen molar-refractivity contribution in [2.75, 3.05) is 32.2 Å². The van der Waals surface area contributed by atoms with Gasteiger partial charge in [0.15, 0.2) is 11.8 Å². The predicted molar refractivity (Wildman–Crippen MR) is 117 cm³/mol. The Morgan fingerprint density at radius 3 is 2.58 bits per heavy atom. The highest BCUT2D eigenvalue weighted by Gasteiger charge is 2.34. The lowest BCUT2D eigenvalue weighted by Crippen LogP contribution is -2.40. The zero-order valence-electron chi connectivity index (χ0n) is 18.7. The zero-order valence-corrected chi connectivity index (χ0v) is 18.7. The lowest BCUT2D eigenvalue weighted by atomic mass is 9.76. The van der Waals surface area contributed by atoms with Crippen molar-refractivity contribution in [1.82, 2.24) is 9.61 Å². The molecule has 1 N–H and O–H groups in total. The predicted octanol–water partition coefficient (Wildman–Crippen LogP) is 3.21. The third-order valence-electron chi connectivity index (χ3n) is 6.31. The number of methoxy groups -OCH3 is 2. The first-order valence-corrected chi connectivity index (χ1v) is 10.5. The van der Waals surface area contributed by atoms with Gasteiger partial charge in [-0.15, -0.1) is 6.58 Å². The first-order chi connectivity index (χ1) is 14.7. The fraction of sp³-hybridized carbons (Fsp3) is 0.522. The van der Waals surface area contributed by atoms with E-state index in [1.165, 1.54) is 14.2 Å². The molecule has 8 nitrogen and oxygen atoms in total. The second-order valence-electron chi connectivity index (χ2n) is 8.48. The number of allylic oxidation sites excluding steroid dienone is 1. The van der Waals surface area contributed by atoms with Gasteiger partial charge in [0, 0.05) is 30.9 Å². The van der Waals surface area contributed by atoms with Gasteiger partial charge in [0.25, 0.3) is 0 Å². The van der Waals surface area contributed by atoms with E-state index in [1.54, 1.807) is 16.8 Å². The fourth-order valence-corrected chi connectivity index (χ4v) is 4.33. The van der Waals surface area contributed by atoms with Crippen LogP contribution in [0.1, 0.15) is 60.3 Å². The number of nitrogens with zero attached hydrogens (tertiary/aromatic N) is 3. The number of carbonyl (C=O) groups excluding carboxylic acids is 2. The van der Waals surface area contributed by atoms with Crippen molar-refractivity contribution in [1.29, 1.82) is 0 Å². The molecule has 1 aliphatic rings. The highest BCUT2D eigenvalue weighted by Crippen LogP contribution is 2.41. The molecule has 0 amide bonds. The molecule has 3 rings (SSSR count). The summed E-state index contributed by atoms with van der Waals surface area (Å²) in [6.07, 6.45) is 6.19. The fourth-order valence-electron chi connectivity index (χ4n) is 4.33. The van der Waals surface area contributed by atoms with Crippen LogP contribution in [0, 0.1) is 12.3 Å². The summed E-state index contributed by atoms with van der Waals surface area (Å²) in [6, 6.07) is 1.64. The van der Waals surface area contributed by atoms with E-state index in [-0.39, 0.29) is 11.1 Å². The number of aliphatic hydroxyl groups excluding tert-OH is 1. The number of anilines is 1. The number of aromatic nitrogens is 2. The summed E-state index contributed by atoms with van der Waals surface area (Å²) < 4.78 is 11.2. The van der Waals surface area contributed by atoms with E-state index in [1.807, 2.05) is 13.0 Å². The number of ether oxygens (including phenoxy) is 2. The summed E-state index contributed by atoms with van der Waals surface area (Å²) in [4.78, 5) is 26.5. The normalized spacial score (nSPS) is 16.7. The van der Waals surface area contributed by atoms with Crippen LogP contribution in [0.4, 0.5) is 5.69 Å². The molecule has 2 aromatic heterocycles. The molecule has 1 saturated heterocycles. The molecule has 168 valence electrons. The van der Waals surface area contributed by atoms with Gasteiger partial charge in [0.1, 0.15) is 0 Å². The Morgan fingerprint density at radius 2 is 2.00 bits per heavy atom. The highest BCUT2D eigenvalue weighted by atomic mass is 16.5. The third-order valence-corrected chi connectivity index (χ3v) is 6.31. The molecule has 31 heavy (non-hydrogen) atoms. The van der Waals surface area contributed by atoms with Gasteiger partial charge in [-0.05, 0) is 43.6 Å². The second-order valence-corrected chi connectivity index (χ2v) is 8.48. The molecule has 3 heterocycles. The van der Waals surface area contributed by atoms with E-state index in [9.17, 15) is 14.7 Å². The zero-order chi connectivity index (χ0) is 22.8. The van der Waals surface area contributed by atoms with Crippen LogP contribution in [0.5, 0.6) is 0 Å². The molecule has 0 radical (unpaired) electrons. The van der Waals surface area contributed by atoms with Crippen molar-refractivity contribution in [2.45, 2.75) is 45.6 Å². The first-order valence-electron chi connectivity index (χ1n) is 10.5. The number of aliphatic hydroxyl groups is 1. The Kier molecular flexibility index (Phi) is 6.69. The van der Waals surface area contributed by atoms with Gasteiger partial charge in [-0.1, -0.05) is 13.0 Å². The first kappa shape index (κ1) is 22.8. The Morgan fingerprint density at radius 1 is 1.32 bits per heavy atom. The number of piperidine rings is 1. The van der Waals surface area contributed by atoms with Crippen molar-refractivity contribution in [3.63, 3.8) is 0 Å². The molecule has 0 bridgehead atoms. The monoisotopic (exact) mass is 429 g/mol. The van der Waals surface area contributed by atoms with E-state index < -0.39 is 18.0 Å². The Balaban J connectivity index is 2.10. The topological polar surface area (TPSA) is 93.4 Å². The SMILES string of the molecule is C=CCCC1(C)CCN(c2c([C@H](O)C(=O)OC)c(C)cn3nc(C(=O)OC)cc23)CC1. The van der Waals surface area contributed by atoms with Crippen LogP contribution in [-0.2, 0) is 14.3 Å². The van der Waals surface area contributed by atoms with Crippen LogP contribution >= 0.6 is 0 Å². The van der Waals surface area contributed by atoms with E-state index in [0.717, 1.165) is 38.8 Å². The number of rotatable bonds is 7. The van der Waals surface area contributed by atoms with Gasteiger partial charge in [-0.25, -0.2) is 14.1 Å². The molecule has 0 spiro atoms. The third kappa shape index (κ3) is 4.44. The van der Waals surface area contributed by atoms with Crippen LogP contribution < -0.4 is 4.90 Å². The van der Waals surface area contributed by atoms with E-state index in [0.29, 0.717) is 22.3 Å². The molecule has 1 aliphatic heterocycles. The molecule has 0 aromatic carbocycles. The Labute approximate surface area is 182 Å². The summed E-state index contributed by atoms with van der Waals surface area (Å²) in [7, 11) is 2.55. The van der Waals surface area contributed by atoms with Gasteiger partial charge in [0.05, 0.1) is 25.4 Å². The number of pyridine rings is 1. The number of aryl methyl sites for hydroxylation is 1. The van der Waals surface area contributed by atoms with Gasteiger partial charge < -0.3 is 19.5 Å². The van der Waals surface area contributed by atoms with E-state index in [2.05, 4.69) is 23.5 Å². The molecule has 0 unspecified atom stereocenters. The van der Waals surface area contributed by atoms with Gasteiger partial charge in [0.2, 0.25) is 0 Å². The Bertz CT molecular complexity index is 989. The maximum Gasteiger partial charge on any atom is 0.358 e. The smallest absolute Gasteiger partial charge is 0.358 e. The summed E-state index contributed by atoms with van der Waals surface area (Å²) in [6.45, 7) is 9.44. The summed E-state index contributed by atoms with van der Waals surface area (Å²) >= 11 is 0. The minimum atomic E-state index is -1.43. The van der Waals surface area contributed by atoms with Crippen LogP contribution in [0.3, 0.4) is 0 Å². The number of esters is 2. The maximum absolute atomic E-state index is 12.2. The van der Waals surface area contributed by atoms with Crippen LogP contribution in [0.15, 0.2) is 24.9 Å². The van der Waals surface area contributed by atoms with E-state index in [4.69, 9.17) is 9.47 Å². The summed E-state index contributed by atoms with van der Waals surface area (Å²) in [5, 5.41) is 15.1. The molecular formula is C23H31N3O5. The number of fused-ring (bicyclic) bond motifs is 1. The average molecular weight is 430 g/mol. The number of carbonyl (C=O) groups is 2. The van der Waals surface area contributed by atoms with Crippen molar-refractivity contribution < 1.29 is 24.2 Å². The minimum Gasteiger partial charge on any atom is -0.467 e. The molecule has 2 aromatic rings. The van der Waals surface area contributed by atoms with Crippen molar-refractivity contribution in [3.8, 4) is 0 Å². The highest BCUT2D eigenvalue weighted by molar-refractivity contribution is 5.92. The average Bonchev–Trinajstić information content (AvgIpc) is 3.19. The van der Waals surface area contributed by atoms with Gasteiger partial charge in [-0.2, -0.15) is 5.10 Å². The largest absolute Gasteiger partial charge is 0.467 e. The molecule has 0 saturated carbocycles. The standard InChI is InChI=1S/C23H31N3O5/c1-6-7-8-23(3)9-11-25(12-10-23)19-17-13-16(21(28)30-4)24-26(17)14-15(2)18(19)20(27)22(29)31-5/h6,13-14,20,27H,1,7-12H2,2-5H3/t20-/m0/s1. The van der Waals surface area contributed by atoms with Crippen molar-refractivity contribution in [3.05, 3.63) is 41.7 Å². The molecule has 8 heteroatoms. The lowest BCUT2D eigenvalue weighted by molar-refractivity contribution is -0.150. The lowest BCUT2D eigenvalue weighted by Gasteiger charge is -2.41. The molecule has 0 aliphatic carbocycles. The van der Waals surface area contributed by atoms with Crippen molar-refractivity contribution in [2.24, 2.45) is 5.41 Å². The number of hydrogen-bond acceptors (Lipinski definition) is 7. The Hall–Kier alpha value is -2.87. The molecule has 1 fully saturated rings. The van der Waals surface area contributed by atoms with E-state index >= 15 is 0 Å². The second kappa shape index (κ2) is 9.09. The van der Waals surface area contributed by atoms with Gasteiger partial charge in [-0.3, -0.25) is 0 Å². The molecule has 1 atom stereocenters.